The number of likely N-dealkylation sites (N-methyl/N-ethyl adjacent to an activating group) is 1. The molecule has 4 aliphatic rings. The molecule has 47 heavy (non-hydrogen) atoms. The van der Waals surface area contributed by atoms with E-state index in [1.165, 1.54) is 12.0 Å². The number of hydrogen-bond donors (Lipinski definition) is 1. The molecule has 3 heterocycles. The number of carbonyl (C=O) groups excluding carboxylic acids is 1. The van der Waals surface area contributed by atoms with E-state index in [0.717, 1.165) is 86.6 Å². The number of ether oxygens (including phenoxy) is 3. The number of rotatable bonds is 3. The van der Waals surface area contributed by atoms with Gasteiger partial charge in [-0.25, -0.2) is 0 Å². The van der Waals surface area contributed by atoms with Gasteiger partial charge in [0.05, 0.1) is 29.8 Å². The first kappa shape index (κ1) is 34.8. The van der Waals surface area contributed by atoms with Crippen LogP contribution < -0.4 is 14.4 Å². The molecule has 258 valence electrons. The van der Waals surface area contributed by atoms with Crippen LogP contribution in [0.3, 0.4) is 0 Å². The predicted octanol–water partition coefficient (Wildman–Crippen LogP) is 6.61. The number of aryl methyl sites for hydroxylation is 1. The van der Waals surface area contributed by atoms with Crippen molar-refractivity contribution >= 4 is 34.6 Å². The van der Waals surface area contributed by atoms with E-state index in [1.807, 2.05) is 25.1 Å². The number of benzene rings is 2. The summed E-state index contributed by atoms with van der Waals surface area (Å²) in [4.78, 5) is 18.1. The number of nitrogens with zero attached hydrogens (tertiary/aromatic N) is 2. The average Bonchev–Trinajstić information content (AvgIpc) is 3.48. The summed E-state index contributed by atoms with van der Waals surface area (Å²) in [6.45, 7) is 7.78. The van der Waals surface area contributed by atoms with Crippen LogP contribution in [-0.4, -0.2) is 73.3 Å². The third kappa shape index (κ3) is 8.42. The Morgan fingerprint density at radius 3 is 2.66 bits per heavy atom. The van der Waals surface area contributed by atoms with Crippen molar-refractivity contribution in [2.45, 2.75) is 89.5 Å². The van der Waals surface area contributed by atoms with Gasteiger partial charge in [-0.15, -0.1) is 0 Å². The minimum atomic E-state index is -1.50. The lowest BCUT2D eigenvalue weighted by molar-refractivity contribution is -0.134. The highest BCUT2D eigenvalue weighted by molar-refractivity contribution is 7.90. The van der Waals surface area contributed by atoms with Crippen LogP contribution in [0.5, 0.6) is 5.75 Å². The van der Waals surface area contributed by atoms with Crippen molar-refractivity contribution in [1.82, 2.24) is 9.62 Å². The second kappa shape index (κ2) is 15.7. The second-order valence-corrected chi connectivity index (χ2v) is 16.5. The molecule has 1 unspecified atom stereocenters. The molecular formula is C37H52ClN3O5S. The highest BCUT2D eigenvalue weighted by Crippen LogP contribution is 2.47. The Bertz CT molecular complexity index is 1380. The van der Waals surface area contributed by atoms with Gasteiger partial charge >= 0.3 is 0 Å². The zero-order valence-corrected chi connectivity index (χ0v) is 30.0. The number of nitrogens with one attached hydrogen (secondary N) is 1. The molecule has 1 saturated heterocycles. The van der Waals surface area contributed by atoms with Gasteiger partial charge in [-0.1, -0.05) is 31.0 Å². The Labute approximate surface area is 289 Å². The van der Waals surface area contributed by atoms with Gasteiger partial charge in [0, 0.05) is 42.1 Å². The number of halogens is 1. The fraction of sp³-hybridized carbons (Fsp3) is 0.649. The minimum Gasteiger partial charge on any atom is -0.593 e. The second-order valence-electron chi connectivity index (χ2n) is 14.5. The van der Waals surface area contributed by atoms with Gasteiger partial charge in [-0.2, -0.15) is 4.72 Å². The number of anilines is 1. The van der Waals surface area contributed by atoms with Gasteiger partial charge in [0.2, 0.25) is 0 Å². The summed E-state index contributed by atoms with van der Waals surface area (Å²) < 4.78 is 35.7. The van der Waals surface area contributed by atoms with E-state index in [1.54, 1.807) is 6.07 Å². The monoisotopic (exact) mass is 685 g/mol. The molecule has 1 amide bonds. The lowest BCUT2D eigenvalue weighted by atomic mass is 9.65. The van der Waals surface area contributed by atoms with Crippen LogP contribution >= 0.6 is 11.6 Å². The largest absolute Gasteiger partial charge is 0.593 e. The summed E-state index contributed by atoms with van der Waals surface area (Å²) in [5, 5.41) is 0.578. The third-order valence-corrected chi connectivity index (χ3v) is 12.7. The molecule has 2 bridgehead atoms. The van der Waals surface area contributed by atoms with Crippen molar-refractivity contribution in [3.8, 4) is 5.75 Å². The Morgan fingerprint density at radius 2 is 1.87 bits per heavy atom. The number of fused-ring (bicyclic) bond motifs is 3. The van der Waals surface area contributed by atoms with Crippen molar-refractivity contribution in [2.75, 3.05) is 45.2 Å². The lowest BCUT2D eigenvalue weighted by Gasteiger charge is -2.46. The third-order valence-electron chi connectivity index (χ3n) is 10.9. The molecule has 8 nitrogen and oxygen atoms in total. The normalized spacial score (nSPS) is 32.3. The Kier molecular flexibility index (Phi) is 11.6. The Balaban J connectivity index is 1.32. The molecule has 6 rings (SSSR count). The smallest absolute Gasteiger partial charge is 0.292 e. The van der Waals surface area contributed by atoms with Crippen LogP contribution in [0.15, 0.2) is 36.4 Å². The van der Waals surface area contributed by atoms with Crippen LogP contribution in [0.1, 0.15) is 80.3 Å². The molecule has 0 radical (unpaired) electrons. The Hall–Kier alpha value is -2.01. The molecule has 2 aromatic rings. The maximum absolute atomic E-state index is 13.5. The van der Waals surface area contributed by atoms with E-state index in [-0.39, 0.29) is 29.5 Å². The van der Waals surface area contributed by atoms with Gasteiger partial charge in [-0.05, 0) is 119 Å². The molecule has 0 spiro atoms. The molecule has 3 aliphatic heterocycles. The first-order valence-corrected chi connectivity index (χ1v) is 19.2. The van der Waals surface area contributed by atoms with E-state index >= 15 is 0 Å². The predicted molar refractivity (Wildman–Crippen MR) is 188 cm³/mol. The van der Waals surface area contributed by atoms with Gasteiger partial charge < -0.3 is 28.6 Å². The standard InChI is InChI=1S/C37H52ClN3O5S/c1-24-8-7-10-33(37-45-23-31(46-37)21-40(3)4)32-15-12-28(32)20-41-17-6-5-9-26-18-30(38)14-11-29(26)22-44-35-16-13-27(19-34(35)41)36(42)39-47(43)25(24)2/h11,13-14,16,18-19,24-25,28,31-33,37H,5-10,12,15,17,20-23H2,1-4H3,(H,39,42)/t24-,25+,28-,31+,32+,33-,37+,47?/m0/s1. The number of carbonyl (C=O) groups is 1. The summed E-state index contributed by atoms with van der Waals surface area (Å²) >= 11 is 4.88. The lowest BCUT2D eigenvalue weighted by Crippen LogP contribution is -2.45. The average molecular weight is 686 g/mol. The summed E-state index contributed by atoms with van der Waals surface area (Å²) in [6.07, 6.45) is 8.18. The van der Waals surface area contributed by atoms with Crippen molar-refractivity contribution in [1.29, 1.82) is 0 Å². The van der Waals surface area contributed by atoms with Gasteiger partial charge in [0.25, 0.3) is 5.91 Å². The number of amides is 1. The quantitative estimate of drug-likeness (QED) is 0.364. The first-order chi connectivity index (χ1) is 22.7. The van der Waals surface area contributed by atoms with E-state index in [0.29, 0.717) is 36.5 Å². The highest BCUT2D eigenvalue weighted by Gasteiger charge is 2.45. The first-order valence-electron chi connectivity index (χ1n) is 17.6. The molecule has 1 saturated carbocycles. The highest BCUT2D eigenvalue weighted by atomic mass is 35.5. The summed E-state index contributed by atoms with van der Waals surface area (Å²) in [5.41, 5.74) is 3.79. The maximum atomic E-state index is 13.5. The zero-order valence-electron chi connectivity index (χ0n) is 28.4. The van der Waals surface area contributed by atoms with Crippen molar-refractivity contribution in [2.24, 2.45) is 23.7 Å². The van der Waals surface area contributed by atoms with Crippen LogP contribution in [0.4, 0.5) is 5.69 Å². The SMILES string of the molecule is C[C@@H]1[C@@H](C)CCC[C@H]([C@@H]2OC[C@@H](CN(C)C)O2)[C@@H]2CC[C@H]2CN2CCCCc3cc(Cl)ccc3COc3ccc(cc32)C(=O)N[S+]1[O-]. The maximum Gasteiger partial charge on any atom is 0.292 e. The fourth-order valence-electron chi connectivity index (χ4n) is 7.86. The molecule has 10 heteroatoms. The molecule has 0 aromatic heterocycles. The molecule has 8 atom stereocenters. The van der Waals surface area contributed by atoms with Gasteiger partial charge in [0.1, 0.15) is 17.6 Å². The number of hydrogen-bond acceptors (Lipinski definition) is 7. The van der Waals surface area contributed by atoms with E-state index in [2.05, 4.69) is 47.7 Å². The van der Waals surface area contributed by atoms with Crippen molar-refractivity contribution in [3.05, 3.63) is 58.1 Å². The fourth-order valence-corrected chi connectivity index (χ4v) is 9.10. The van der Waals surface area contributed by atoms with Crippen LogP contribution in [0.25, 0.3) is 0 Å². The zero-order chi connectivity index (χ0) is 33.1. The summed E-state index contributed by atoms with van der Waals surface area (Å²) in [6, 6.07) is 11.7. The van der Waals surface area contributed by atoms with Crippen molar-refractivity contribution in [3.63, 3.8) is 0 Å². The molecule has 1 aliphatic carbocycles. The molecular weight excluding hydrogens is 634 g/mol. The van der Waals surface area contributed by atoms with Crippen LogP contribution in [0, 0.1) is 23.7 Å². The Morgan fingerprint density at radius 1 is 1.02 bits per heavy atom. The topological polar surface area (TPSA) is 86.3 Å². The van der Waals surface area contributed by atoms with Crippen LogP contribution in [0.2, 0.25) is 5.02 Å². The molecule has 2 aromatic carbocycles. The van der Waals surface area contributed by atoms with Crippen molar-refractivity contribution < 1.29 is 23.6 Å². The molecule has 1 N–H and O–H groups in total. The van der Waals surface area contributed by atoms with Crippen LogP contribution in [-0.2, 0) is 33.9 Å². The van der Waals surface area contributed by atoms with Gasteiger partial charge in [0.15, 0.2) is 6.29 Å². The minimum absolute atomic E-state index is 0.0892. The van der Waals surface area contributed by atoms with Gasteiger partial charge in [-0.3, -0.25) is 4.79 Å². The van der Waals surface area contributed by atoms with E-state index < -0.39 is 11.4 Å². The summed E-state index contributed by atoms with van der Waals surface area (Å²) in [5.74, 6) is 1.94. The summed E-state index contributed by atoms with van der Waals surface area (Å²) in [7, 11) is 4.16. The molecule has 2 fully saturated rings. The van der Waals surface area contributed by atoms with E-state index in [9.17, 15) is 9.35 Å². The van der Waals surface area contributed by atoms with E-state index in [4.69, 9.17) is 25.8 Å².